The van der Waals surface area contributed by atoms with Crippen molar-refractivity contribution in [2.45, 2.75) is 57.5 Å². The lowest BCUT2D eigenvalue weighted by Gasteiger charge is -2.33. The zero-order chi connectivity index (χ0) is 30.9. The lowest BCUT2D eigenvalue weighted by atomic mass is 10.1. The Hall–Kier alpha value is -3.27. The standard InChI is InChI=1S/C31H37Cl2N3O5S/c1-5-7-18-34-31(38)27(6-2)35(20-23-10-12-24(32)13-11-23)30(37)21-36(28-19-25(33)14-17-29(28)41-4)42(39,40)26-15-8-22(3)9-16-26/h8-17,19,27H,5-7,18,20-21H2,1-4H3,(H,34,38). The van der Waals surface area contributed by atoms with Crippen LogP contribution in [0.25, 0.3) is 0 Å². The monoisotopic (exact) mass is 633 g/mol. The highest BCUT2D eigenvalue weighted by atomic mass is 35.5. The summed E-state index contributed by atoms with van der Waals surface area (Å²) >= 11 is 12.4. The molecule has 11 heteroatoms. The van der Waals surface area contributed by atoms with Crippen molar-refractivity contribution in [2.24, 2.45) is 0 Å². The highest BCUT2D eigenvalue weighted by molar-refractivity contribution is 7.92. The van der Waals surface area contributed by atoms with E-state index in [1.54, 1.807) is 48.5 Å². The third kappa shape index (κ3) is 8.40. The van der Waals surface area contributed by atoms with Crippen molar-refractivity contribution in [3.05, 3.63) is 87.9 Å². The highest BCUT2D eigenvalue weighted by Gasteiger charge is 2.34. The van der Waals surface area contributed by atoms with E-state index >= 15 is 0 Å². The molecule has 0 aliphatic carbocycles. The first-order chi connectivity index (χ1) is 20.0. The summed E-state index contributed by atoms with van der Waals surface area (Å²) < 4.78 is 34.6. The number of nitrogens with zero attached hydrogens (tertiary/aromatic N) is 2. The molecule has 0 aliphatic rings. The molecule has 0 aliphatic heterocycles. The predicted molar refractivity (Wildman–Crippen MR) is 168 cm³/mol. The Balaban J connectivity index is 2.10. The quantitative estimate of drug-likeness (QED) is 0.212. The number of ether oxygens (including phenoxy) is 1. The summed E-state index contributed by atoms with van der Waals surface area (Å²) in [5.41, 5.74) is 1.72. The van der Waals surface area contributed by atoms with Crippen molar-refractivity contribution >= 4 is 50.7 Å². The lowest BCUT2D eigenvalue weighted by molar-refractivity contribution is -0.140. The lowest BCUT2D eigenvalue weighted by Crippen LogP contribution is -2.52. The number of methoxy groups -OCH3 is 1. The molecule has 3 aromatic rings. The van der Waals surface area contributed by atoms with Gasteiger partial charge in [0.15, 0.2) is 0 Å². The van der Waals surface area contributed by atoms with Crippen LogP contribution in [0.2, 0.25) is 10.0 Å². The SMILES string of the molecule is CCCCNC(=O)C(CC)N(Cc1ccc(Cl)cc1)C(=O)CN(c1cc(Cl)ccc1OC)S(=O)(=O)c1ccc(C)cc1. The van der Waals surface area contributed by atoms with Crippen molar-refractivity contribution in [2.75, 3.05) is 24.5 Å². The van der Waals surface area contributed by atoms with Crippen LogP contribution in [0.5, 0.6) is 5.75 Å². The number of halogens is 2. The number of anilines is 1. The number of hydrogen-bond donors (Lipinski definition) is 1. The van der Waals surface area contributed by atoms with Gasteiger partial charge in [-0.05, 0) is 67.8 Å². The van der Waals surface area contributed by atoms with Crippen LogP contribution < -0.4 is 14.4 Å². The minimum Gasteiger partial charge on any atom is -0.495 e. The van der Waals surface area contributed by atoms with Crippen molar-refractivity contribution in [3.63, 3.8) is 0 Å². The zero-order valence-corrected chi connectivity index (χ0v) is 26.6. The molecule has 0 fully saturated rings. The van der Waals surface area contributed by atoms with Gasteiger partial charge in [-0.1, -0.05) is 73.3 Å². The predicted octanol–water partition coefficient (Wildman–Crippen LogP) is 6.23. The Labute approximate surface area is 258 Å². The molecule has 2 amide bonds. The maximum atomic E-state index is 14.2. The molecule has 8 nitrogen and oxygen atoms in total. The average molecular weight is 635 g/mol. The molecule has 0 radical (unpaired) electrons. The van der Waals surface area contributed by atoms with Crippen molar-refractivity contribution in [1.29, 1.82) is 0 Å². The molecule has 1 unspecified atom stereocenters. The van der Waals surface area contributed by atoms with Crippen LogP contribution in [0, 0.1) is 6.92 Å². The first-order valence-electron chi connectivity index (χ1n) is 13.8. The fraction of sp³-hybridized carbons (Fsp3) is 0.355. The van der Waals surface area contributed by atoms with E-state index in [-0.39, 0.29) is 33.8 Å². The molecular formula is C31H37Cl2N3O5S. The van der Waals surface area contributed by atoms with Crippen molar-refractivity contribution < 1.29 is 22.7 Å². The summed E-state index contributed by atoms with van der Waals surface area (Å²) in [6.07, 6.45) is 2.02. The average Bonchev–Trinajstić information content (AvgIpc) is 2.97. The molecule has 0 saturated heterocycles. The van der Waals surface area contributed by atoms with Gasteiger partial charge in [-0.15, -0.1) is 0 Å². The van der Waals surface area contributed by atoms with Gasteiger partial charge in [0.2, 0.25) is 11.8 Å². The van der Waals surface area contributed by atoms with Crippen LogP contribution in [0.4, 0.5) is 5.69 Å². The third-order valence-electron chi connectivity index (χ3n) is 6.78. The first kappa shape index (κ1) is 33.2. The second-order valence-electron chi connectivity index (χ2n) is 9.86. The van der Waals surface area contributed by atoms with E-state index in [1.807, 2.05) is 20.8 Å². The summed E-state index contributed by atoms with van der Waals surface area (Å²) in [7, 11) is -2.86. The van der Waals surface area contributed by atoms with Gasteiger partial charge in [-0.25, -0.2) is 8.42 Å². The fourth-order valence-corrected chi connectivity index (χ4v) is 6.13. The number of carbonyl (C=O) groups excluding carboxylic acids is 2. The number of carbonyl (C=O) groups is 2. The third-order valence-corrected chi connectivity index (χ3v) is 9.04. The van der Waals surface area contributed by atoms with Crippen molar-refractivity contribution in [3.8, 4) is 5.75 Å². The van der Waals surface area contributed by atoms with Crippen LogP contribution in [-0.4, -0.2) is 51.4 Å². The fourth-order valence-electron chi connectivity index (χ4n) is 4.42. The smallest absolute Gasteiger partial charge is 0.264 e. The summed E-state index contributed by atoms with van der Waals surface area (Å²) in [6, 6.07) is 17.0. The van der Waals surface area contributed by atoms with Crippen LogP contribution >= 0.6 is 23.2 Å². The van der Waals surface area contributed by atoms with Gasteiger partial charge in [-0.2, -0.15) is 0 Å². The van der Waals surface area contributed by atoms with E-state index in [1.165, 1.54) is 30.2 Å². The molecule has 0 saturated carbocycles. The molecule has 226 valence electrons. The number of nitrogens with one attached hydrogen (secondary N) is 1. The minimum atomic E-state index is -4.27. The van der Waals surface area contributed by atoms with E-state index in [9.17, 15) is 18.0 Å². The Morgan fingerprint density at radius 3 is 2.19 bits per heavy atom. The number of benzene rings is 3. The number of amides is 2. The van der Waals surface area contributed by atoms with Crippen LogP contribution in [-0.2, 0) is 26.2 Å². The summed E-state index contributed by atoms with van der Waals surface area (Å²) in [5.74, 6) is -0.654. The molecule has 3 rings (SSSR count). The number of rotatable bonds is 14. The molecule has 1 N–H and O–H groups in total. The van der Waals surface area contributed by atoms with E-state index in [0.29, 0.717) is 18.0 Å². The second kappa shape index (κ2) is 15.3. The number of aryl methyl sites for hydroxylation is 1. The van der Waals surface area contributed by atoms with E-state index < -0.39 is 28.5 Å². The number of unbranched alkanes of at least 4 members (excludes halogenated alkanes) is 1. The van der Waals surface area contributed by atoms with Gasteiger partial charge in [0.25, 0.3) is 10.0 Å². The van der Waals surface area contributed by atoms with Crippen LogP contribution in [0.1, 0.15) is 44.2 Å². The second-order valence-corrected chi connectivity index (χ2v) is 12.6. The van der Waals surface area contributed by atoms with Crippen LogP contribution in [0.15, 0.2) is 71.6 Å². The maximum absolute atomic E-state index is 14.2. The Kier molecular flexibility index (Phi) is 12.1. The molecule has 0 aromatic heterocycles. The number of sulfonamides is 1. The molecule has 42 heavy (non-hydrogen) atoms. The Morgan fingerprint density at radius 2 is 1.60 bits per heavy atom. The summed E-state index contributed by atoms with van der Waals surface area (Å²) in [6.45, 7) is 5.63. The van der Waals surface area contributed by atoms with Gasteiger partial charge in [-0.3, -0.25) is 13.9 Å². The van der Waals surface area contributed by atoms with Gasteiger partial charge in [0.05, 0.1) is 17.7 Å². The molecule has 1 atom stereocenters. The Bertz CT molecular complexity index is 1460. The van der Waals surface area contributed by atoms with Gasteiger partial charge in [0.1, 0.15) is 18.3 Å². The van der Waals surface area contributed by atoms with Crippen molar-refractivity contribution in [1.82, 2.24) is 10.2 Å². The number of hydrogen-bond acceptors (Lipinski definition) is 5. The highest BCUT2D eigenvalue weighted by Crippen LogP contribution is 2.35. The molecule has 0 bridgehead atoms. The van der Waals surface area contributed by atoms with Crippen LogP contribution in [0.3, 0.4) is 0 Å². The van der Waals surface area contributed by atoms with Gasteiger partial charge < -0.3 is 15.0 Å². The molecule has 0 heterocycles. The van der Waals surface area contributed by atoms with E-state index in [0.717, 1.165) is 28.3 Å². The normalized spacial score (nSPS) is 12.0. The Morgan fingerprint density at radius 1 is 0.952 bits per heavy atom. The first-order valence-corrected chi connectivity index (χ1v) is 16.0. The molecule has 0 spiro atoms. The summed E-state index contributed by atoms with van der Waals surface area (Å²) in [4.78, 5) is 28.9. The largest absolute Gasteiger partial charge is 0.495 e. The maximum Gasteiger partial charge on any atom is 0.264 e. The molecular weight excluding hydrogens is 597 g/mol. The summed E-state index contributed by atoms with van der Waals surface area (Å²) in [5, 5.41) is 3.71. The zero-order valence-electron chi connectivity index (χ0n) is 24.3. The minimum absolute atomic E-state index is 0.00321. The van der Waals surface area contributed by atoms with E-state index in [2.05, 4.69) is 5.32 Å². The van der Waals surface area contributed by atoms with Gasteiger partial charge >= 0.3 is 0 Å². The van der Waals surface area contributed by atoms with E-state index in [4.69, 9.17) is 27.9 Å². The van der Waals surface area contributed by atoms with Gasteiger partial charge in [0, 0.05) is 23.1 Å². The molecule has 3 aromatic carbocycles. The topological polar surface area (TPSA) is 96.0 Å².